The van der Waals surface area contributed by atoms with Gasteiger partial charge in [-0.15, -0.1) is 0 Å². The Labute approximate surface area is 173 Å². The van der Waals surface area contributed by atoms with E-state index in [0.717, 1.165) is 36.5 Å². The Morgan fingerprint density at radius 3 is 2.24 bits per heavy atom. The summed E-state index contributed by atoms with van der Waals surface area (Å²) in [4.78, 5) is 27.0. The highest BCUT2D eigenvalue weighted by atomic mass is 16.5. The molecule has 1 aliphatic heterocycles. The molecule has 5 nitrogen and oxygen atoms in total. The lowest BCUT2D eigenvalue weighted by Gasteiger charge is -2.56. The number of nitrogens with zero attached hydrogens (tertiary/aromatic N) is 1. The molecule has 5 heteroatoms. The SMILES string of the molecule is CCCOc1ccc(N2C(=O)C[C@H]([NH2+]CC34CC5CC(CC(C5)C3)C4)C2=O)cc1. The zero-order valence-electron chi connectivity index (χ0n) is 17.4. The summed E-state index contributed by atoms with van der Waals surface area (Å²) in [7, 11) is 0. The molecular formula is C24H33N2O3+. The maximum Gasteiger partial charge on any atom is 0.292 e. The Kier molecular flexibility index (Phi) is 4.89. The lowest BCUT2D eigenvalue weighted by Crippen LogP contribution is -2.94. The maximum atomic E-state index is 13.0. The average molecular weight is 398 g/mol. The molecule has 0 spiro atoms. The van der Waals surface area contributed by atoms with Gasteiger partial charge in [-0.25, -0.2) is 4.90 Å². The van der Waals surface area contributed by atoms with Gasteiger partial charge in [0.2, 0.25) is 5.91 Å². The van der Waals surface area contributed by atoms with Crippen LogP contribution in [0.3, 0.4) is 0 Å². The number of ether oxygens (including phenoxy) is 1. The fraction of sp³-hybridized carbons (Fsp3) is 0.667. The van der Waals surface area contributed by atoms with Crippen LogP contribution >= 0.6 is 0 Å². The lowest BCUT2D eigenvalue weighted by molar-refractivity contribution is -0.687. The zero-order valence-corrected chi connectivity index (χ0v) is 17.4. The third kappa shape index (κ3) is 3.58. The van der Waals surface area contributed by atoms with E-state index in [4.69, 9.17) is 4.74 Å². The summed E-state index contributed by atoms with van der Waals surface area (Å²) in [6.45, 7) is 3.75. The molecule has 5 aliphatic rings. The van der Waals surface area contributed by atoms with Crippen molar-refractivity contribution in [3.63, 3.8) is 0 Å². The molecule has 1 saturated heterocycles. The predicted molar refractivity (Wildman–Crippen MR) is 111 cm³/mol. The summed E-state index contributed by atoms with van der Waals surface area (Å²) in [5.41, 5.74) is 1.08. The first-order chi connectivity index (χ1) is 14.0. The molecule has 0 aromatic heterocycles. The second-order valence-electron chi connectivity index (χ2n) is 10.1. The first-order valence-electron chi connectivity index (χ1n) is 11.5. The number of benzene rings is 1. The first-order valence-corrected chi connectivity index (χ1v) is 11.5. The van der Waals surface area contributed by atoms with Gasteiger partial charge in [0.25, 0.3) is 5.91 Å². The van der Waals surface area contributed by atoms with Crippen LogP contribution in [0.25, 0.3) is 0 Å². The van der Waals surface area contributed by atoms with E-state index in [1.54, 1.807) is 0 Å². The molecule has 156 valence electrons. The van der Waals surface area contributed by atoms with Gasteiger partial charge in [0.1, 0.15) is 5.75 Å². The zero-order chi connectivity index (χ0) is 20.0. The minimum atomic E-state index is -0.258. The maximum absolute atomic E-state index is 13.0. The lowest BCUT2D eigenvalue weighted by atomic mass is 9.49. The number of carbonyl (C=O) groups is 2. The molecule has 6 rings (SSSR count). The van der Waals surface area contributed by atoms with E-state index in [-0.39, 0.29) is 17.9 Å². The van der Waals surface area contributed by atoms with Gasteiger partial charge in [-0.05, 0) is 87.0 Å². The molecule has 0 radical (unpaired) electrons. The van der Waals surface area contributed by atoms with Gasteiger partial charge >= 0.3 is 0 Å². The van der Waals surface area contributed by atoms with Crippen molar-refractivity contribution < 1.29 is 19.6 Å². The van der Waals surface area contributed by atoms with Crippen molar-refractivity contribution in [3.05, 3.63) is 24.3 Å². The molecule has 4 aliphatic carbocycles. The molecule has 1 heterocycles. The van der Waals surface area contributed by atoms with E-state index in [2.05, 4.69) is 12.2 Å². The number of amides is 2. The minimum Gasteiger partial charge on any atom is -0.494 e. The number of quaternary nitrogens is 1. The fourth-order valence-corrected chi connectivity index (χ4v) is 6.95. The number of hydrogen-bond acceptors (Lipinski definition) is 3. The van der Waals surface area contributed by atoms with E-state index >= 15 is 0 Å². The van der Waals surface area contributed by atoms with E-state index < -0.39 is 0 Å². The van der Waals surface area contributed by atoms with Gasteiger partial charge in [0, 0.05) is 5.41 Å². The van der Waals surface area contributed by atoms with Crippen molar-refractivity contribution in [2.45, 2.75) is 64.3 Å². The molecule has 1 atom stereocenters. The monoisotopic (exact) mass is 397 g/mol. The molecule has 4 bridgehead atoms. The Morgan fingerprint density at radius 2 is 1.66 bits per heavy atom. The van der Waals surface area contributed by atoms with Gasteiger partial charge in [0.05, 0.1) is 25.3 Å². The first kappa shape index (κ1) is 19.1. The Morgan fingerprint density at radius 1 is 1.03 bits per heavy atom. The van der Waals surface area contributed by atoms with Gasteiger partial charge in [-0.3, -0.25) is 9.59 Å². The average Bonchev–Trinajstić information content (AvgIpc) is 2.98. The molecule has 1 aromatic carbocycles. The van der Waals surface area contributed by atoms with Crippen LogP contribution < -0.4 is 15.0 Å². The summed E-state index contributed by atoms with van der Waals surface area (Å²) in [6, 6.07) is 7.08. The predicted octanol–water partition coefficient (Wildman–Crippen LogP) is 2.89. The highest BCUT2D eigenvalue weighted by molar-refractivity contribution is 6.21. The minimum absolute atomic E-state index is 0.0537. The summed E-state index contributed by atoms with van der Waals surface area (Å²) < 4.78 is 5.61. The van der Waals surface area contributed by atoms with Crippen molar-refractivity contribution in [1.29, 1.82) is 0 Å². The number of hydrogen-bond donors (Lipinski definition) is 1. The standard InChI is InChI=1S/C24H32N2O3/c1-2-7-29-20-5-3-19(4-6-20)26-22(27)11-21(23(26)28)25-15-24-12-16-8-17(13-24)10-18(9-16)14-24/h3-6,16-18,21,25H,2,7-15H2,1H3/p+1/t16?,17?,18?,21-,24?/m0/s1. The topological polar surface area (TPSA) is 63.2 Å². The third-order valence-electron chi connectivity index (χ3n) is 7.75. The second-order valence-corrected chi connectivity index (χ2v) is 10.1. The van der Waals surface area contributed by atoms with Gasteiger partial charge in [0.15, 0.2) is 6.04 Å². The Hall–Kier alpha value is -1.88. The normalized spacial score (nSPS) is 35.6. The van der Waals surface area contributed by atoms with Crippen molar-refractivity contribution in [2.75, 3.05) is 18.1 Å². The van der Waals surface area contributed by atoms with Crippen LogP contribution in [0.4, 0.5) is 5.69 Å². The number of imide groups is 1. The highest BCUT2D eigenvalue weighted by Crippen LogP contribution is 2.59. The highest BCUT2D eigenvalue weighted by Gasteiger charge is 2.53. The van der Waals surface area contributed by atoms with Crippen LogP contribution in [0, 0.1) is 23.2 Å². The van der Waals surface area contributed by atoms with Crippen molar-refractivity contribution in [1.82, 2.24) is 0 Å². The summed E-state index contributed by atoms with van der Waals surface area (Å²) >= 11 is 0. The van der Waals surface area contributed by atoms with Gasteiger partial charge in [-0.1, -0.05) is 6.92 Å². The van der Waals surface area contributed by atoms with E-state index in [0.29, 0.717) is 24.1 Å². The van der Waals surface area contributed by atoms with Crippen molar-refractivity contribution in [3.8, 4) is 5.75 Å². The van der Waals surface area contributed by atoms with Crippen LogP contribution in [0.5, 0.6) is 5.75 Å². The fourth-order valence-electron chi connectivity index (χ4n) is 6.95. The quantitative estimate of drug-likeness (QED) is 0.720. The molecule has 5 fully saturated rings. The number of rotatable bonds is 7. The van der Waals surface area contributed by atoms with Crippen molar-refractivity contribution >= 4 is 17.5 Å². The third-order valence-corrected chi connectivity index (χ3v) is 7.75. The molecule has 2 N–H and O–H groups in total. The molecule has 0 unspecified atom stereocenters. The smallest absolute Gasteiger partial charge is 0.292 e. The van der Waals surface area contributed by atoms with Crippen LogP contribution in [0.1, 0.15) is 58.3 Å². The largest absolute Gasteiger partial charge is 0.494 e. The summed E-state index contributed by atoms with van der Waals surface area (Å²) in [5.74, 6) is 3.40. The van der Waals surface area contributed by atoms with Crippen LogP contribution in [-0.4, -0.2) is 31.0 Å². The summed E-state index contributed by atoms with van der Waals surface area (Å²) in [6.07, 6.45) is 9.60. The van der Waals surface area contributed by atoms with Gasteiger partial charge in [-0.2, -0.15) is 0 Å². The molecular weight excluding hydrogens is 364 g/mol. The van der Waals surface area contributed by atoms with Crippen LogP contribution in [-0.2, 0) is 9.59 Å². The number of anilines is 1. The van der Waals surface area contributed by atoms with Crippen molar-refractivity contribution in [2.24, 2.45) is 23.2 Å². The Balaban J connectivity index is 1.23. The van der Waals surface area contributed by atoms with E-state index in [1.807, 2.05) is 24.3 Å². The molecule has 2 amide bonds. The molecule has 1 aromatic rings. The van der Waals surface area contributed by atoms with Crippen LogP contribution in [0.2, 0.25) is 0 Å². The number of nitrogens with two attached hydrogens (primary N) is 1. The molecule has 29 heavy (non-hydrogen) atoms. The second kappa shape index (κ2) is 7.42. The van der Waals surface area contributed by atoms with E-state index in [9.17, 15) is 9.59 Å². The van der Waals surface area contributed by atoms with Gasteiger partial charge < -0.3 is 10.1 Å². The number of carbonyl (C=O) groups excluding carboxylic acids is 2. The summed E-state index contributed by atoms with van der Waals surface area (Å²) in [5, 5.41) is 2.20. The van der Waals surface area contributed by atoms with Crippen LogP contribution in [0.15, 0.2) is 24.3 Å². The van der Waals surface area contributed by atoms with E-state index in [1.165, 1.54) is 43.4 Å². The Bertz CT molecular complexity index is 753. The molecule has 4 saturated carbocycles.